The van der Waals surface area contributed by atoms with Gasteiger partial charge in [0.05, 0.1) is 6.10 Å². The Morgan fingerprint density at radius 1 is 1.80 bits per heavy atom. The van der Waals surface area contributed by atoms with Gasteiger partial charge in [-0.3, -0.25) is 9.59 Å². The molecule has 1 rings (SSSR count). The topological polar surface area (TPSA) is 104 Å². The number of carbonyl (C=O) groups is 2. The van der Waals surface area contributed by atoms with Crippen molar-refractivity contribution in [1.29, 1.82) is 0 Å². The predicted molar refractivity (Wildman–Crippen MR) is 53.8 cm³/mol. The van der Waals surface area contributed by atoms with Gasteiger partial charge in [0.25, 0.3) is 0 Å². The summed E-state index contributed by atoms with van der Waals surface area (Å²) in [6, 6.07) is -0.926. The SMILES string of the molecule is CC(O)C(N)CNC(=O)[C@@H]1CCC(=O)N1. The van der Waals surface area contributed by atoms with Crippen LogP contribution in [0.1, 0.15) is 19.8 Å². The van der Waals surface area contributed by atoms with Crippen molar-refractivity contribution in [2.75, 3.05) is 6.54 Å². The maximum Gasteiger partial charge on any atom is 0.242 e. The highest BCUT2D eigenvalue weighted by atomic mass is 16.3. The second kappa shape index (κ2) is 5.09. The highest BCUT2D eigenvalue weighted by Gasteiger charge is 2.27. The molecule has 0 aromatic rings. The summed E-state index contributed by atoms with van der Waals surface area (Å²) in [6.45, 7) is 1.77. The zero-order chi connectivity index (χ0) is 11.4. The molecule has 0 bridgehead atoms. The van der Waals surface area contributed by atoms with E-state index in [9.17, 15) is 9.59 Å². The highest BCUT2D eigenvalue weighted by molar-refractivity contribution is 5.90. The predicted octanol–water partition coefficient (Wildman–Crippen LogP) is -1.91. The molecular formula is C9H17N3O3. The normalized spacial score (nSPS) is 24.5. The van der Waals surface area contributed by atoms with Crippen molar-refractivity contribution >= 4 is 11.8 Å². The first-order valence-electron chi connectivity index (χ1n) is 5.01. The average Bonchev–Trinajstić information content (AvgIpc) is 2.60. The third kappa shape index (κ3) is 3.49. The minimum absolute atomic E-state index is 0.102. The Kier molecular flexibility index (Phi) is 4.05. The number of aliphatic hydroxyl groups is 1. The molecule has 0 aromatic heterocycles. The molecular weight excluding hydrogens is 198 g/mol. The van der Waals surface area contributed by atoms with Crippen molar-refractivity contribution in [1.82, 2.24) is 10.6 Å². The largest absolute Gasteiger partial charge is 0.392 e. The molecule has 3 atom stereocenters. The second-order valence-corrected chi connectivity index (χ2v) is 3.81. The fourth-order valence-electron chi connectivity index (χ4n) is 1.32. The van der Waals surface area contributed by atoms with Gasteiger partial charge in [0.1, 0.15) is 6.04 Å². The molecule has 2 unspecified atom stereocenters. The van der Waals surface area contributed by atoms with Crippen LogP contribution in [0.4, 0.5) is 0 Å². The molecule has 1 aliphatic rings. The molecule has 86 valence electrons. The summed E-state index contributed by atoms with van der Waals surface area (Å²) in [5.41, 5.74) is 5.54. The van der Waals surface area contributed by atoms with Gasteiger partial charge in [-0.05, 0) is 13.3 Å². The lowest BCUT2D eigenvalue weighted by atomic mass is 10.2. The third-order valence-electron chi connectivity index (χ3n) is 2.44. The number of carbonyl (C=O) groups excluding carboxylic acids is 2. The van der Waals surface area contributed by atoms with E-state index in [4.69, 9.17) is 10.8 Å². The van der Waals surface area contributed by atoms with Gasteiger partial charge < -0.3 is 21.5 Å². The summed E-state index contributed by atoms with van der Waals surface area (Å²) in [5, 5.41) is 14.2. The summed E-state index contributed by atoms with van der Waals surface area (Å²) in [4.78, 5) is 22.3. The lowest BCUT2D eigenvalue weighted by Crippen LogP contribution is -2.48. The maximum atomic E-state index is 11.5. The number of aliphatic hydroxyl groups excluding tert-OH is 1. The minimum Gasteiger partial charge on any atom is -0.392 e. The molecule has 1 fully saturated rings. The van der Waals surface area contributed by atoms with Gasteiger partial charge in [-0.15, -0.1) is 0 Å². The zero-order valence-corrected chi connectivity index (χ0v) is 8.69. The van der Waals surface area contributed by atoms with Gasteiger partial charge in [-0.25, -0.2) is 0 Å². The zero-order valence-electron chi connectivity index (χ0n) is 8.69. The smallest absolute Gasteiger partial charge is 0.242 e. The van der Waals surface area contributed by atoms with Crippen molar-refractivity contribution in [2.45, 2.75) is 38.0 Å². The molecule has 1 saturated heterocycles. The van der Waals surface area contributed by atoms with Crippen LogP contribution in [0, 0.1) is 0 Å². The van der Waals surface area contributed by atoms with Crippen LogP contribution < -0.4 is 16.4 Å². The Morgan fingerprint density at radius 2 is 2.47 bits per heavy atom. The van der Waals surface area contributed by atoms with Crippen LogP contribution in [-0.4, -0.2) is 41.7 Å². The molecule has 1 aliphatic heterocycles. The number of nitrogens with one attached hydrogen (secondary N) is 2. The molecule has 0 aromatic carbocycles. The van der Waals surface area contributed by atoms with E-state index >= 15 is 0 Å². The molecule has 0 saturated carbocycles. The van der Waals surface area contributed by atoms with Crippen LogP contribution in [0.25, 0.3) is 0 Å². The first-order valence-corrected chi connectivity index (χ1v) is 5.01. The molecule has 1 heterocycles. The standard InChI is InChI=1S/C9H17N3O3/c1-5(13)6(10)4-11-9(15)7-2-3-8(14)12-7/h5-7,13H,2-4,10H2,1H3,(H,11,15)(H,12,14)/t5?,6?,7-/m0/s1. The summed E-state index contributed by atoms with van der Waals surface area (Å²) >= 11 is 0. The first kappa shape index (κ1) is 11.9. The molecule has 0 spiro atoms. The molecule has 6 heteroatoms. The quantitative estimate of drug-likeness (QED) is 0.439. The number of hydrogen-bond donors (Lipinski definition) is 4. The molecule has 6 nitrogen and oxygen atoms in total. The van der Waals surface area contributed by atoms with Crippen molar-refractivity contribution in [3.05, 3.63) is 0 Å². The third-order valence-corrected chi connectivity index (χ3v) is 2.44. The van der Waals surface area contributed by atoms with E-state index in [0.29, 0.717) is 12.8 Å². The minimum atomic E-state index is -0.663. The molecule has 0 aliphatic carbocycles. The van der Waals surface area contributed by atoms with Crippen molar-refractivity contribution in [3.63, 3.8) is 0 Å². The lowest BCUT2D eigenvalue weighted by Gasteiger charge is -2.17. The monoisotopic (exact) mass is 215 g/mol. The molecule has 5 N–H and O–H groups in total. The van der Waals surface area contributed by atoms with Crippen LogP contribution in [-0.2, 0) is 9.59 Å². The Bertz CT molecular complexity index is 255. The average molecular weight is 215 g/mol. The van der Waals surface area contributed by atoms with Gasteiger partial charge in [-0.1, -0.05) is 0 Å². The number of nitrogens with two attached hydrogens (primary N) is 1. The Balaban J connectivity index is 2.27. The number of hydrogen-bond acceptors (Lipinski definition) is 4. The molecule has 2 amide bonds. The van der Waals surface area contributed by atoms with Gasteiger partial charge in [0, 0.05) is 19.0 Å². The maximum absolute atomic E-state index is 11.5. The van der Waals surface area contributed by atoms with E-state index in [0.717, 1.165) is 0 Å². The number of amides is 2. The van der Waals surface area contributed by atoms with Crippen LogP contribution >= 0.6 is 0 Å². The van der Waals surface area contributed by atoms with Crippen LogP contribution in [0.5, 0.6) is 0 Å². The summed E-state index contributed by atoms with van der Waals surface area (Å²) in [5.74, 6) is -0.341. The van der Waals surface area contributed by atoms with E-state index in [-0.39, 0.29) is 18.4 Å². The highest BCUT2D eigenvalue weighted by Crippen LogP contribution is 2.05. The van der Waals surface area contributed by atoms with Crippen molar-refractivity contribution in [2.24, 2.45) is 5.73 Å². The van der Waals surface area contributed by atoms with E-state index < -0.39 is 18.2 Å². The van der Waals surface area contributed by atoms with Crippen molar-refractivity contribution in [3.8, 4) is 0 Å². The van der Waals surface area contributed by atoms with Crippen LogP contribution in [0.2, 0.25) is 0 Å². The lowest BCUT2D eigenvalue weighted by molar-refractivity contribution is -0.125. The van der Waals surface area contributed by atoms with Gasteiger partial charge in [-0.2, -0.15) is 0 Å². The number of rotatable bonds is 4. The van der Waals surface area contributed by atoms with Crippen LogP contribution in [0.15, 0.2) is 0 Å². The van der Waals surface area contributed by atoms with Crippen molar-refractivity contribution < 1.29 is 14.7 Å². The summed E-state index contributed by atoms with van der Waals surface area (Å²) in [6.07, 6.45) is 0.248. The van der Waals surface area contributed by atoms with E-state index in [1.165, 1.54) is 0 Å². The van der Waals surface area contributed by atoms with Crippen LogP contribution in [0.3, 0.4) is 0 Å². The van der Waals surface area contributed by atoms with Gasteiger partial charge in [0.15, 0.2) is 0 Å². The van der Waals surface area contributed by atoms with Gasteiger partial charge >= 0.3 is 0 Å². The summed E-state index contributed by atoms with van der Waals surface area (Å²) in [7, 11) is 0. The van der Waals surface area contributed by atoms with Gasteiger partial charge in [0.2, 0.25) is 11.8 Å². The fraction of sp³-hybridized carbons (Fsp3) is 0.778. The van der Waals surface area contributed by atoms with E-state index in [2.05, 4.69) is 10.6 Å². The molecule has 15 heavy (non-hydrogen) atoms. The first-order chi connectivity index (χ1) is 7.00. The Hall–Kier alpha value is -1.14. The fourth-order valence-corrected chi connectivity index (χ4v) is 1.32. The Morgan fingerprint density at radius 3 is 2.93 bits per heavy atom. The summed E-state index contributed by atoms with van der Waals surface area (Å²) < 4.78 is 0. The van der Waals surface area contributed by atoms with E-state index in [1.54, 1.807) is 6.92 Å². The second-order valence-electron chi connectivity index (χ2n) is 3.81. The van der Waals surface area contributed by atoms with E-state index in [1.807, 2.05) is 0 Å². The molecule has 0 radical (unpaired) electrons. The Labute approximate surface area is 88.2 Å².